The number of esters is 1. The van der Waals surface area contributed by atoms with Gasteiger partial charge >= 0.3 is 5.97 Å². The average molecular weight is 771 g/mol. The molecule has 0 aromatic heterocycles. The quantitative estimate of drug-likeness (QED) is 0.0274. The lowest BCUT2D eigenvalue weighted by molar-refractivity contribution is -0.393. The maximum atomic E-state index is 13.6. The molecule has 2 aliphatic carbocycles. The van der Waals surface area contributed by atoms with E-state index in [0.717, 1.165) is 40.8 Å². The van der Waals surface area contributed by atoms with E-state index < -0.39 is 37.8 Å². The number of nitrogens with zero attached hydrogens (tertiary/aromatic N) is 3. The van der Waals surface area contributed by atoms with Crippen molar-refractivity contribution in [3.63, 3.8) is 0 Å². The number of fused-ring (bicyclic) bond motifs is 3. The van der Waals surface area contributed by atoms with Gasteiger partial charge in [0.15, 0.2) is 0 Å². The first-order valence-electron chi connectivity index (χ1n) is 17.7. The molecule has 14 heteroatoms. The third-order valence-corrected chi connectivity index (χ3v) is 8.97. The molecule has 0 aliphatic heterocycles. The first-order valence-corrected chi connectivity index (χ1v) is 17.7. The van der Waals surface area contributed by atoms with Crippen LogP contribution < -0.4 is 0 Å². The molecular weight excluding hydrogens is 734 g/mol. The van der Waals surface area contributed by atoms with Gasteiger partial charge in [0.05, 0.1) is 65.0 Å². The first-order chi connectivity index (χ1) is 27.6. The van der Waals surface area contributed by atoms with Gasteiger partial charge in [-0.3, -0.25) is 30.3 Å². The van der Waals surface area contributed by atoms with Crippen molar-refractivity contribution >= 4 is 52.9 Å². The molecule has 289 valence electrons. The monoisotopic (exact) mass is 770 g/mol. The Kier molecular flexibility index (Phi) is 13.4. The van der Waals surface area contributed by atoms with Gasteiger partial charge in [0.2, 0.25) is 0 Å². The van der Waals surface area contributed by atoms with Crippen molar-refractivity contribution in [2.75, 3.05) is 46.8 Å². The SMILES string of the molecule is COCCOCCOCCOC(=O)c1cc([N+](=O)[O-])cc2c1-c1c(cc([N+](=O)[O-])cc1[N+](=O)[O-])/C2=C\c1ccc(/C=C/c2ccc(/C=C/[C]3[CH][CH][CH][CH]3)cc2)cc1. The minimum atomic E-state index is -0.991. The molecular formula is C43H36N3O11. The highest BCUT2D eigenvalue weighted by Gasteiger charge is 2.38. The van der Waals surface area contributed by atoms with Crippen LogP contribution in [0.25, 0.3) is 41.0 Å². The Bertz CT molecular complexity index is 2220. The molecule has 57 heavy (non-hydrogen) atoms. The summed E-state index contributed by atoms with van der Waals surface area (Å²) in [5.74, 6) is 0.137. The standard InChI is InChI=1S/C43H36N3O11/c1-54-18-19-55-20-21-56-22-23-57-43(47)39-27-34(44(48)49)25-37-36(38-26-35(45(50)51)28-40(46(52)53)42(38)41(37)39)24-33-16-14-32(15-17-33)13-12-31-10-8-30(9-11-31)7-6-29-4-2-3-5-29/h2-17,24-28H,18-23H2,1H3/b7-6+,13-12+,36-24-. The topological polar surface area (TPSA) is 183 Å². The van der Waals surface area contributed by atoms with Crippen LogP contribution in [-0.4, -0.2) is 67.5 Å². The number of nitro benzene ring substituents is 3. The second kappa shape index (κ2) is 19.0. The Labute approximate surface area is 328 Å². The van der Waals surface area contributed by atoms with Gasteiger partial charge in [-0.05, 0) is 65.1 Å². The Morgan fingerprint density at radius 2 is 1.09 bits per heavy atom. The molecule has 1 saturated carbocycles. The third kappa shape index (κ3) is 10.1. The first kappa shape index (κ1) is 40.3. The van der Waals surface area contributed by atoms with E-state index in [1.54, 1.807) is 25.3 Å². The lowest BCUT2D eigenvalue weighted by Crippen LogP contribution is -2.15. The summed E-state index contributed by atoms with van der Waals surface area (Å²) in [7, 11) is 1.55. The molecule has 0 spiro atoms. The van der Waals surface area contributed by atoms with Crippen LogP contribution in [0.3, 0.4) is 0 Å². The molecule has 4 aromatic rings. The Morgan fingerprint density at radius 1 is 0.596 bits per heavy atom. The minimum absolute atomic E-state index is 0.00654. The molecule has 14 nitrogen and oxygen atoms in total. The molecule has 0 saturated heterocycles. The zero-order valence-corrected chi connectivity index (χ0v) is 30.7. The van der Waals surface area contributed by atoms with Gasteiger partial charge in [0.25, 0.3) is 17.1 Å². The number of methoxy groups -OCH3 is 1. The van der Waals surface area contributed by atoms with E-state index in [1.165, 1.54) is 6.07 Å². The van der Waals surface area contributed by atoms with E-state index in [2.05, 4.69) is 0 Å². The highest BCUT2D eigenvalue weighted by Crippen LogP contribution is 2.53. The highest BCUT2D eigenvalue weighted by molar-refractivity contribution is 6.15. The number of hydrogen-bond acceptors (Lipinski definition) is 11. The predicted molar refractivity (Wildman–Crippen MR) is 214 cm³/mol. The summed E-state index contributed by atoms with van der Waals surface area (Å²) in [6.07, 6.45) is 17.6. The largest absolute Gasteiger partial charge is 0.460 e. The van der Waals surface area contributed by atoms with Crippen molar-refractivity contribution < 1.29 is 38.5 Å². The van der Waals surface area contributed by atoms with Crippen LogP contribution in [0.4, 0.5) is 17.1 Å². The van der Waals surface area contributed by atoms with Crippen LogP contribution in [0.1, 0.15) is 43.7 Å². The molecule has 2 aliphatic rings. The van der Waals surface area contributed by atoms with Gasteiger partial charge in [-0.1, -0.05) is 72.8 Å². The molecule has 6 rings (SSSR count). The van der Waals surface area contributed by atoms with Gasteiger partial charge in [-0.2, -0.15) is 0 Å². The van der Waals surface area contributed by atoms with Crippen LogP contribution in [0.15, 0.2) is 78.9 Å². The Balaban J connectivity index is 1.29. The van der Waals surface area contributed by atoms with E-state index in [-0.39, 0.29) is 59.8 Å². The van der Waals surface area contributed by atoms with Crippen LogP contribution in [-0.2, 0) is 18.9 Å². The lowest BCUT2D eigenvalue weighted by Gasteiger charge is -2.11. The van der Waals surface area contributed by atoms with Gasteiger partial charge < -0.3 is 18.9 Å². The van der Waals surface area contributed by atoms with Crippen molar-refractivity contribution in [1.82, 2.24) is 0 Å². The van der Waals surface area contributed by atoms with E-state index in [9.17, 15) is 35.1 Å². The summed E-state index contributed by atoms with van der Waals surface area (Å²) in [4.78, 5) is 47.8. The fraction of sp³-hybridized carbons (Fsp3) is 0.163. The number of nitro groups is 3. The van der Waals surface area contributed by atoms with Crippen molar-refractivity contribution in [3.8, 4) is 11.1 Å². The van der Waals surface area contributed by atoms with Crippen LogP contribution in [0.2, 0.25) is 0 Å². The molecule has 1 fully saturated rings. The van der Waals surface area contributed by atoms with Crippen molar-refractivity contribution in [1.29, 1.82) is 0 Å². The maximum absolute atomic E-state index is 13.6. The van der Waals surface area contributed by atoms with Crippen molar-refractivity contribution in [3.05, 3.63) is 180 Å². The molecule has 4 aromatic carbocycles. The number of ether oxygens (including phenoxy) is 4. The number of hydrogen-bond donors (Lipinski definition) is 0. The zero-order chi connectivity index (χ0) is 40.3. The number of carbonyl (C=O) groups is 1. The summed E-state index contributed by atoms with van der Waals surface area (Å²) in [5.41, 5.74) is 1.80. The van der Waals surface area contributed by atoms with E-state index in [0.29, 0.717) is 18.8 Å². The number of allylic oxidation sites excluding steroid dienone is 1. The summed E-state index contributed by atoms with van der Waals surface area (Å²) >= 11 is 0. The predicted octanol–water partition coefficient (Wildman–Crippen LogP) is 8.41. The normalized spacial score (nSPS) is 14.4. The summed E-state index contributed by atoms with van der Waals surface area (Å²) in [6.45, 7) is 1.04. The van der Waals surface area contributed by atoms with Crippen molar-refractivity contribution in [2.24, 2.45) is 0 Å². The highest BCUT2D eigenvalue weighted by atomic mass is 16.6. The second-order valence-corrected chi connectivity index (χ2v) is 12.7. The van der Waals surface area contributed by atoms with Gasteiger partial charge in [-0.15, -0.1) is 0 Å². The van der Waals surface area contributed by atoms with Crippen LogP contribution in [0.5, 0.6) is 0 Å². The van der Waals surface area contributed by atoms with E-state index in [1.807, 2.05) is 86.4 Å². The van der Waals surface area contributed by atoms with E-state index >= 15 is 0 Å². The van der Waals surface area contributed by atoms with Crippen molar-refractivity contribution in [2.45, 2.75) is 0 Å². The number of carbonyl (C=O) groups excluding carboxylic acids is 1. The Hall–Kier alpha value is -6.35. The maximum Gasteiger partial charge on any atom is 0.339 e. The molecule has 5 radical (unpaired) electrons. The minimum Gasteiger partial charge on any atom is -0.460 e. The fourth-order valence-corrected chi connectivity index (χ4v) is 6.22. The van der Waals surface area contributed by atoms with Gasteiger partial charge in [0.1, 0.15) is 6.61 Å². The number of rotatable bonds is 18. The summed E-state index contributed by atoms with van der Waals surface area (Å²) < 4.78 is 21.1. The molecule has 0 bridgehead atoms. The smallest absolute Gasteiger partial charge is 0.339 e. The zero-order valence-electron chi connectivity index (χ0n) is 30.7. The number of benzene rings is 4. The van der Waals surface area contributed by atoms with Gasteiger partial charge in [-0.25, -0.2) is 4.79 Å². The van der Waals surface area contributed by atoms with Crippen LogP contribution in [0, 0.1) is 61.9 Å². The Morgan fingerprint density at radius 3 is 1.63 bits per heavy atom. The number of non-ortho nitro benzene ring substituents is 2. The fourth-order valence-electron chi connectivity index (χ4n) is 6.22. The van der Waals surface area contributed by atoms with E-state index in [4.69, 9.17) is 18.9 Å². The molecule has 0 atom stereocenters. The summed E-state index contributed by atoms with van der Waals surface area (Å²) in [6, 6.07) is 19.5. The molecule has 0 unspecified atom stereocenters. The molecule has 0 heterocycles. The molecule has 0 N–H and O–H groups in total. The third-order valence-electron chi connectivity index (χ3n) is 8.97. The average Bonchev–Trinajstić information content (AvgIpc) is 3.85. The van der Waals surface area contributed by atoms with Crippen LogP contribution >= 0.6 is 0 Å². The van der Waals surface area contributed by atoms with Gasteiger partial charge in [0, 0.05) is 42.4 Å². The second-order valence-electron chi connectivity index (χ2n) is 12.7. The summed E-state index contributed by atoms with van der Waals surface area (Å²) in [5, 5.41) is 36.5. The molecule has 0 amide bonds. The lowest BCUT2D eigenvalue weighted by atomic mass is 9.96.